The third-order valence-corrected chi connectivity index (χ3v) is 9.47. The predicted octanol–water partition coefficient (Wildman–Crippen LogP) is 4.41. The van der Waals surface area contributed by atoms with Gasteiger partial charge in [0, 0.05) is 32.2 Å². The fraction of sp³-hybridized carbons (Fsp3) is 0.184. The largest absolute Gasteiger partial charge is 0.350 e. The van der Waals surface area contributed by atoms with Gasteiger partial charge in [-0.05, 0) is 66.4 Å². The Hall–Kier alpha value is -6.01. The van der Waals surface area contributed by atoms with E-state index in [1.165, 1.54) is 0 Å². The van der Waals surface area contributed by atoms with Crippen molar-refractivity contribution in [3.05, 3.63) is 137 Å². The summed E-state index contributed by atoms with van der Waals surface area (Å²) >= 11 is 1.63. The maximum absolute atomic E-state index is 13.3. The standard InChI is InChI=1S/C38H35N7O4S/c1-3-24-10-6-7-19-39-34(46)28-11-8-14-31(43-28)37(49)42-23-26-18-17-25(20-27(26)38-45(2)32-15-4-5-16-33(32)50-38)22-41-36(48)30-13-9-12-29(44-30)35(47)40-21-24/h3-6,8-18,20H,7,19,21-23H2,1-2H3,(H3-,39,40,41,42,46,47,48,49)/p+1/b10-6-,24-3+. The lowest BCUT2D eigenvalue weighted by Crippen LogP contribution is -2.30. The van der Waals surface area contributed by atoms with Crippen molar-refractivity contribution in [3.63, 3.8) is 0 Å². The Morgan fingerprint density at radius 3 is 1.94 bits per heavy atom. The lowest BCUT2D eigenvalue weighted by Gasteiger charge is -2.12. The summed E-state index contributed by atoms with van der Waals surface area (Å²) in [6, 6.07) is 23.5. The van der Waals surface area contributed by atoms with Crippen LogP contribution in [-0.2, 0) is 20.1 Å². The van der Waals surface area contributed by atoms with Gasteiger partial charge in [0.15, 0.2) is 0 Å². The molecule has 5 heterocycles. The molecule has 0 radical (unpaired) electrons. The van der Waals surface area contributed by atoms with Gasteiger partial charge in [-0.1, -0.05) is 66.0 Å². The molecule has 4 amide bonds. The fourth-order valence-corrected chi connectivity index (χ4v) is 6.66. The minimum Gasteiger partial charge on any atom is -0.350 e. The molecule has 7 rings (SSSR count). The summed E-state index contributed by atoms with van der Waals surface area (Å²) in [6.45, 7) is 2.88. The molecule has 0 atom stereocenters. The van der Waals surface area contributed by atoms with E-state index in [2.05, 4.69) is 47.9 Å². The summed E-state index contributed by atoms with van der Waals surface area (Å²) in [5.74, 6) is -1.61. The van der Waals surface area contributed by atoms with Crippen molar-refractivity contribution in [1.29, 1.82) is 0 Å². The van der Waals surface area contributed by atoms with Crippen molar-refractivity contribution in [3.8, 4) is 10.6 Å². The SMILES string of the molecule is C/C=C1\C=C/CCNC(=O)c2cccc(n2)C(=O)NCc2ccc(cc2-c2sc3ccccc3[n+]2C)CNC(=O)c2cccc(n2)C(=O)NC1. The molecule has 6 bridgehead atoms. The molecule has 2 aliphatic heterocycles. The number of aromatic nitrogens is 3. The Labute approximate surface area is 293 Å². The smallest absolute Gasteiger partial charge is 0.270 e. The van der Waals surface area contributed by atoms with Crippen LogP contribution in [0.15, 0.2) is 103 Å². The van der Waals surface area contributed by atoms with Crippen molar-refractivity contribution in [1.82, 2.24) is 31.2 Å². The highest BCUT2D eigenvalue weighted by Crippen LogP contribution is 2.31. The number of thiazole rings is 1. The Morgan fingerprint density at radius 2 is 1.30 bits per heavy atom. The van der Waals surface area contributed by atoms with Crippen LogP contribution in [0.2, 0.25) is 0 Å². The first kappa shape index (κ1) is 33.9. The zero-order chi connectivity index (χ0) is 35.0. The second-order valence-corrected chi connectivity index (χ2v) is 12.6. The van der Waals surface area contributed by atoms with Crippen LogP contribution < -0.4 is 25.8 Å². The number of aryl methyl sites for hydroxylation is 1. The van der Waals surface area contributed by atoms with Gasteiger partial charge < -0.3 is 21.3 Å². The summed E-state index contributed by atoms with van der Waals surface area (Å²) < 4.78 is 3.22. The Balaban J connectivity index is 1.33. The van der Waals surface area contributed by atoms with E-state index in [-0.39, 0.29) is 48.3 Å². The van der Waals surface area contributed by atoms with Crippen LogP contribution in [0.1, 0.15) is 66.4 Å². The van der Waals surface area contributed by atoms with Gasteiger partial charge in [-0.2, -0.15) is 4.57 Å². The summed E-state index contributed by atoms with van der Waals surface area (Å²) in [5.41, 5.74) is 5.05. The Kier molecular flexibility index (Phi) is 10.5. The van der Waals surface area contributed by atoms with Crippen LogP contribution in [0.3, 0.4) is 0 Å². The Morgan fingerprint density at radius 1 is 0.700 bits per heavy atom. The Bertz CT molecular complexity index is 2170. The van der Waals surface area contributed by atoms with Crippen LogP contribution in [0, 0.1) is 0 Å². The topological polar surface area (TPSA) is 146 Å². The number of fused-ring (bicyclic) bond motifs is 15. The molecule has 0 saturated heterocycles. The van der Waals surface area contributed by atoms with Gasteiger partial charge in [-0.25, -0.2) is 9.97 Å². The molecule has 0 unspecified atom stereocenters. The highest BCUT2D eigenvalue weighted by Gasteiger charge is 2.23. The van der Waals surface area contributed by atoms with Crippen molar-refractivity contribution < 1.29 is 23.7 Å². The first-order valence-electron chi connectivity index (χ1n) is 16.2. The molecule has 2 aromatic carbocycles. The van der Waals surface area contributed by atoms with Crippen molar-refractivity contribution in [2.75, 3.05) is 13.1 Å². The van der Waals surface area contributed by atoms with Crippen LogP contribution >= 0.6 is 11.3 Å². The summed E-state index contributed by atoms with van der Waals surface area (Å²) in [7, 11) is 2.00. The highest BCUT2D eigenvalue weighted by molar-refractivity contribution is 7.21. The minimum atomic E-state index is -0.412. The molecule has 3 aromatic heterocycles. The van der Waals surface area contributed by atoms with Gasteiger partial charge in [0.1, 0.15) is 34.5 Å². The molecule has 0 saturated carbocycles. The molecule has 5 aromatic rings. The first-order chi connectivity index (χ1) is 24.3. The number of para-hydroxylation sites is 1. The van der Waals surface area contributed by atoms with Gasteiger partial charge in [0.2, 0.25) is 5.52 Å². The van der Waals surface area contributed by atoms with E-state index in [4.69, 9.17) is 0 Å². The maximum Gasteiger partial charge on any atom is 0.270 e. The van der Waals surface area contributed by atoms with Gasteiger partial charge in [0.05, 0.1) is 5.56 Å². The lowest BCUT2D eigenvalue weighted by molar-refractivity contribution is -0.629. The molecular weight excluding hydrogens is 651 g/mol. The monoisotopic (exact) mass is 686 g/mol. The zero-order valence-electron chi connectivity index (χ0n) is 27.7. The molecule has 12 heteroatoms. The van der Waals surface area contributed by atoms with Gasteiger partial charge in [-0.15, -0.1) is 0 Å². The van der Waals surface area contributed by atoms with Crippen molar-refractivity contribution in [2.45, 2.75) is 26.4 Å². The number of nitrogens with zero attached hydrogens (tertiary/aromatic N) is 3. The maximum atomic E-state index is 13.3. The number of hydrogen-bond acceptors (Lipinski definition) is 7. The zero-order valence-corrected chi connectivity index (χ0v) is 28.5. The molecular formula is C38H36N7O4S+. The number of pyridine rings is 2. The van der Waals surface area contributed by atoms with Crippen LogP contribution in [0.25, 0.3) is 20.8 Å². The number of rotatable bonds is 1. The number of benzene rings is 2. The number of hydrogen-bond donors (Lipinski definition) is 4. The van der Waals surface area contributed by atoms with E-state index in [1.54, 1.807) is 47.7 Å². The highest BCUT2D eigenvalue weighted by atomic mass is 32.1. The van der Waals surface area contributed by atoms with Gasteiger partial charge in [-0.3, -0.25) is 19.2 Å². The summed E-state index contributed by atoms with van der Waals surface area (Å²) in [6.07, 6.45) is 6.18. The summed E-state index contributed by atoms with van der Waals surface area (Å²) in [5, 5.41) is 12.6. The minimum absolute atomic E-state index is 0.125. The van der Waals surface area contributed by atoms with Crippen LogP contribution in [0.5, 0.6) is 0 Å². The van der Waals surface area contributed by atoms with E-state index < -0.39 is 17.7 Å². The van der Waals surface area contributed by atoms with Crippen molar-refractivity contribution in [2.24, 2.45) is 7.05 Å². The van der Waals surface area contributed by atoms with Crippen LogP contribution in [-0.4, -0.2) is 46.7 Å². The third kappa shape index (κ3) is 7.82. The lowest BCUT2D eigenvalue weighted by atomic mass is 10.0. The number of nitrogens with one attached hydrogen (secondary N) is 4. The van der Waals surface area contributed by atoms with E-state index in [0.29, 0.717) is 13.0 Å². The van der Waals surface area contributed by atoms with Crippen LogP contribution in [0.4, 0.5) is 0 Å². The molecule has 2 aliphatic rings. The van der Waals surface area contributed by atoms with Crippen molar-refractivity contribution >= 4 is 45.2 Å². The second kappa shape index (κ2) is 15.5. The number of carbonyl (C=O) groups is 4. The summed E-state index contributed by atoms with van der Waals surface area (Å²) in [4.78, 5) is 60.9. The quantitative estimate of drug-likeness (QED) is 0.192. The average Bonchev–Trinajstić information content (AvgIpc) is 3.49. The van der Waals surface area contributed by atoms with E-state index in [9.17, 15) is 19.2 Å². The number of carbonyl (C=O) groups excluding carboxylic acids is 4. The molecule has 0 aliphatic carbocycles. The average molecular weight is 687 g/mol. The van der Waals surface area contributed by atoms with E-state index >= 15 is 0 Å². The third-order valence-electron chi connectivity index (χ3n) is 8.22. The molecule has 0 fully saturated rings. The fourth-order valence-electron chi connectivity index (χ4n) is 5.46. The second-order valence-electron chi connectivity index (χ2n) is 11.6. The van der Waals surface area contributed by atoms with Gasteiger partial charge >= 0.3 is 0 Å². The molecule has 0 spiro atoms. The predicted molar refractivity (Wildman–Crippen MR) is 191 cm³/mol. The number of allylic oxidation sites excluding steroid dienone is 1. The molecule has 50 heavy (non-hydrogen) atoms. The van der Waals surface area contributed by atoms with E-state index in [1.807, 2.05) is 62.5 Å². The number of amides is 4. The molecule has 11 nitrogen and oxygen atoms in total. The first-order valence-corrected chi connectivity index (χ1v) is 17.0. The van der Waals surface area contributed by atoms with E-state index in [0.717, 1.165) is 37.5 Å². The van der Waals surface area contributed by atoms with Gasteiger partial charge in [0.25, 0.3) is 28.6 Å². The molecule has 252 valence electrons. The normalized spacial score (nSPS) is 16.4. The molecule has 4 N–H and O–H groups in total.